The first-order valence-electron chi connectivity index (χ1n) is 6.99. The van der Waals surface area contributed by atoms with Gasteiger partial charge in [-0.15, -0.1) is 0 Å². The Morgan fingerprint density at radius 3 is 3.24 bits per heavy atom. The Labute approximate surface area is 131 Å². The molecule has 1 unspecified atom stereocenters. The van der Waals surface area contributed by atoms with Crippen molar-refractivity contribution in [3.8, 4) is 0 Å². The molecule has 7 heteroatoms. The molecule has 0 aliphatic carbocycles. The molecule has 1 aliphatic heterocycles. The summed E-state index contributed by atoms with van der Waals surface area (Å²) in [6, 6.07) is 3.92. The molecule has 3 N–H and O–H groups in total. The van der Waals surface area contributed by atoms with Crippen LogP contribution < -0.4 is 11.1 Å². The highest BCUT2D eigenvalue weighted by molar-refractivity contribution is 9.10. The number of nitrogens with one attached hydrogen (secondary N) is 1. The lowest BCUT2D eigenvalue weighted by Gasteiger charge is -2.10. The summed E-state index contributed by atoms with van der Waals surface area (Å²) in [6.45, 7) is 2.03. The fourth-order valence-electron chi connectivity index (χ4n) is 2.34. The molecule has 3 rings (SSSR count). The first kappa shape index (κ1) is 14.3. The lowest BCUT2D eigenvalue weighted by molar-refractivity contribution is 0.114. The van der Waals surface area contributed by atoms with Crippen molar-refractivity contribution in [3.63, 3.8) is 0 Å². The minimum absolute atomic E-state index is 0.256. The Kier molecular flexibility index (Phi) is 4.40. The highest BCUT2D eigenvalue weighted by Gasteiger charge is 2.14. The largest absolute Gasteiger partial charge is 0.376 e. The first-order valence-corrected chi connectivity index (χ1v) is 7.78. The van der Waals surface area contributed by atoms with E-state index in [0.717, 1.165) is 35.3 Å². The third kappa shape index (κ3) is 3.74. The number of nitrogens with two attached hydrogens (primary N) is 1. The number of hydrogen-bond donors (Lipinski definition) is 2. The molecule has 21 heavy (non-hydrogen) atoms. The van der Waals surface area contributed by atoms with Crippen LogP contribution >= 0.6 is 15.9 Å². The minimum atomic E-state index is 0.256. The molecule has 0 saturated carbocycles. The Morgan fingerprint density at radius 1 is 1.52 bits per heavy atom. The molecule has 1 atom stereocenters. The number of fused-ring (bicyclic) bond motifs is 1. The van der Waals surface area contributed by atoms with Gasteiger partial charge in [-0.3, -0.25) is 0 Å². The van der Waals surface area contributed by atoms with Gasteiger partial charge in [0.15, 0.2) is 5.96 Å². The van der Waals surface area contributed by atoms with Gasteiger partial charge < -0.3 is 20.2 Å². The average molecular weight is 352 g/mol. The zero-order valence-corrected chi connectivity index (χ0v) is 13.2. The highest BCUT2D eigenvalue weighted by atomic mass is 79.9. The number of guanidine groups is 1. The van der Waals surface area contributed by atoms with Gasteiger partial charge in [0.05, 0.1) is 18.3 Å². The van der Waals surface area contributed by atoms with Crippen LogP contribution in [0.2, 0.25) is 0 Å². The zero-order chi connectivity index (χ0) is 14.7. The van der Waals surface area contributed by atoms with E-state index in [2.05, 4.69) is 31.2 Å². The van der Waals surface area contributed by atoms with E-state index in [1.165, 1.54) is 0 Å². The monoisotopic (exact) mass is 351 g/mol. The van der Waals surface area contributed by atoms with Crippen LogP contribution in [0, 0.1) is 0 Å². The molecule has 6 nitrogen and oxygen atoms in total. The highest BCUT2D eigenvalue weighted by Crippen LogP contribution is 2.13. The van der Waals surface area contributed by atoms with E-state index >= 15 is 0 Å². The van der Waals surface area contributed by atoms with Crippen LogP contribution in [0.25, 0.3) is 5.65 Å². The molecule has 0 aromatic carbocycles. The summed E-state index contributed by atoms with van der Waals surface area (Å²) in [4.78, 5) is 8.80. The van der Waals surface area contributed by atoms with Crippen LogP contribution in [0.3, 0.4) is 0 Å². The van der Waals surface area contributed by atoms with Gasteiger partial charge in [0.1, 0.15) is 5.65 Å². The van der Waals surface area contributed by atoms with Crippen LogP contribution in [-0.2, 0) is 11.3 Å². The predicted octanol–water partition coefficient (Wildman–Crippen LogP) is 1.68. The molecule has 2 aromatic heterocycles. The van der Waals surface area contributed by atoms with Gasteiger partial charge in [0.25, 0.3) is 0 Å². The van der Waals surface area contributed by atoms with E-state index in [1.807, 2.05) is 28.9 Å². The summed E-state index contributed by atoms with van der Waals surface area (Å²) in [5.41, 5.74) is 7.64. The van der Waals surface area contributed by atoms with E-state index in [9.17, 15) is 0 Å². The van der Waals surface area contributed by atoms with E-state index in [-0.39, 0.29) is 6.10 Å². The van der Waals surface area contributed by atoms with Gasteiger partial charge in [-0.1, -0.05) is 0 Å². The second kappa shape index (κ2) is 6.44. The molecule has 1 aliphatic rings. The first-order chi connectivity index (χ1) is 10.2. The minimum Gasteiger partial charge on any atom is -0.376 e. The number of pyridine rings is 1. The fraction of sp³-hybridized carbons (Fsp3) is 0.429. The summed E-state index contributed by atoms with van der Waals surface area (Å²) in [5, 5.41) is 3.10. The van der Waals surface area contributed by atoms with Crippen LogP contribution in [0.1, 0.15) is 18.5 Å². The van der Waals surface area contributed by atoms with Crippen molar-refractivity contribution < 1.29 is 4.74 Å². The normalized spacial score (nSPS) is 19.3. The number of ether oxygens (including phenoxy) is 1. The number of aliphatic imine (C=N–C) groups is 1. The molecule has 0 radical (unpaired) electrons. The number of rotatable bonds is 4. The van der Waals surface area contributed by atoms with E-state index < -0.39 is 0 Å². The van der Waals surface area contributed by atoms with Crippen molar-refractivity contribution in [2.45, 2.75) is 25.5 Å². The summed E-state index contributed by atoms with van der Waals surface area (Å²) in [6.07, 6.45) is 6.39. The second-order valence-corrected chi connectivity index (χ2v) is 5.98. The molecule has 112 valence electrons. The SMILES string of the molecule is NC(=NCc1cn2cc(Br)ccc2n1)NCC1CCCO1. The van der Waals surface area contributed by atoms with Gasteiger partial charge in [0.2, 0.25) is 0 Å². The van der Waals surface area contributed by atoms with Gasteiger partial charge in [-0.25, -0.2) is 9.98 Å². The standard InChI is InChI=1S/C14H18BrN5O/c15-10-3-4-13-19-11(9-20(13)8-10)6-17-14(16)18-7-12-2-1-5-21-12/h3-4,8-9,12H,1-2,5-7H2,(H3,16,17,18). The Bertz CT molecular complexity index is 648. The predicted molar refractivity (Wildman–Crippen MR) is 85.2 cm³/mol. The summed E-state index contributed by atoms with van der Waals surface area (Å²) in [5.74, 6) is 0.434. The van der Waals surface area contributed by atoms with Gasteiger partial charge in [-0.2, -0.15) is 0 Å². The van der Waals surface area contributed by atoms with E-state index in [0.29, 0.717) is 19.0 Å². The lowest BCUT2D eigenvalue weighted by atomic mass is 10.2. The van der Waals surface area contributed by atoms with Crippen molar-refractivity contribution in [1.82, 2.24) is 14.7 Å². The Morgan fingerprint density at radius 2 is 2.43 bits per heavy atom. The van der Waals surface area contributed by atoms with Crippen molar-refractivity contribution in [3.05, 3.63) is 34.7 Å². The van der Waals surface area contributed by atoms with Crippen LogP contribution in [0.4, 0.5) is 0 Å². The molecule has 0 spiro atoms. The maximum Gasteiger partial charge on any atom is 0.189 e. The van der Waals surface area contributed by atoms with Crippen molar-refractivity contribution in [1.29, 1.82) is 0 Å². The quantitative estimate of drug-likeness (QED) is 0.648. The molecule has 2 aromatic rings. The smallest absolute Gasteiger partial charge is 0.189 e. The molecule has 0 amide bonds. The summed E-state index contributed by atoms with van der Waals surface area (Å²) in [7, 11) is 0. The molecular weight excluding hydrogens is 334 g/mol. The summed E-state index contributed by atoms with van der Waals surface area (Å²) < 4.78 is 8.50. The zero-order valence-electron chi connectivity index (χ0n) is 11.6. The second-order valence-electron chi connectivity index (χ2n) is 5.06. The number of hydrogen-bond acceptors (Lipinski definition) is 3. The molecule has 0 bridgehead atoms. The molecule has 1 saturated heterocycles. The van der Waals surface area contributed by atoms with E-state index in [4.69, 9.17) is 10.5 Å². The fourth-order valence-corrected chi connectivity index (χ4v) is 2.69. The Balaban J connectivity index is 1.57. The van der Waals surface area contributed by atoms with Gasteiger partial charge in [-0.05, 0) is 40.9 Å². The van der Waals surface area contributed by atoms with Crippen LogP contribution in [-0.4, -0.2) is 34.6 Å². The molecular formula is C14H18BrN5O. The number of aromatic nitrogens is 2. The Hall–Kier alpha value is -1.60. The number of imidazole rings is 1. The third-order valence-corrected chi connectivity index (χ3v) is 3.88. The average Bonchev–Trinajstić information content (AvgIpc) is 3.11. The van der Waals surface area contributed by atoms with Crippen molar-refractivity contribution >= 4 is 27.5 Å². The molecule has 1 fully saturated rings. The maximum atomic E-state index is 5.86. The van der Waals surface area contributed by atoms with Crippen LogP contribution in [0.15, 0.2) is 34.0 Å². The topological polar surface area (TPSA) is 76.9 Å². The lowest BCUT2D eigenvalue weighted by Crippen LogP contribution is -2.37. The van der Waals surface area contributed by atoms with Crippen molar-refractivity contribution in [2.75, 3.05) is 13.2 Å². The number of nitrogens with zero attached hydrogens (tertiary/aromatic N) is 3. The summed E-state index contributed by atoms with van der Waals surface area (Å²) >= 11 is 3.44. The van der Waals surface area contributed by atoms with E-state index in [1.54, 1.807) is 0 Å². The molecule has 3 heterocycles. The van der Waals surface area contributed by atoms with Gasteiger partial charge in [0, 0.05) is 30.0 Å². The maximum absolute atomic E-state index is 5.86. The van der Waals surface area contributed by atoms with Crippen molar-refractivity contribution in [2.24, 2.45) is 10.7 Å². The third-order valence-electron chi connectivity index (χ3n) is 3.41. The number of halogens is 1. The van der Waals surface area contributed by atoms with Gasteiger partial charge >= 0.3 is 0 Å². The van der Waals surface area contributed by atoms with Crippen LogP contribution in [0.5, 0.6) is 0 Å².